The lowest BCUT2D eigenvalue weighted by Gasteiger charge is -2.29. The summed E-state index contributed by atoms with van der Waals surface area (Å²) in [5.41, 5.74) is 0.866. The van der Waals surface area contributed by atoms with Crippen molar-refractivity contribution in [3.63, 3.8) is 0 Å². The number of allylic oxidation sites excluding steroid dienone is 2. The maximum absolute atomic E-state index is 12.2. The number of aliphatic hydroxyl groups is 1. The molecule has 0 bridgehead atoms. The fourth-order valence-electron chi connectivity index (χ4n) is 2.39. The number of ether oxygens (including phenoxy) is 1. The number of carbonyl (C=O) groups is 2. The van der Waals surface area contributed by atoms with Crippen molar-refractivity contribution >= 4 is 17.6 Å². The van der Waals surface area contributed by atoms with E-state index in [9.17, 15) is 14.7 Å². The van der Waals surface area contributed by atoms with Gasteiger partial charge >= 0.3 is 0 Å². The maximum Gasteiger partial charge on any atom is 0.172 e. The molecule has 21 heavy (non-hydrogen) atoms. The van der Waals surface area contributed by atoms with Gasteiger partial charge in [0.05, 0.1) is 13.2 Å². The van der Waals surface area contributed by atoms with Gasteiger partial charge in [-0.3, -0.25) is 9.59 Å². The minimum atomic E-state index is -1.06. The summed E-state index contributed by atoms with van der Waals surface area (Å²) in [5.74, 6) is -1.84. The van der Waals surface area contributed by atoms with E-state index in [-0.39, 0.29) is 5.92 Å². The van der Waals surface area contributed by atoms with Crippen LogP contribution in [0.5, 0.6) is 0 Å². The van der Waals surface area contributed by atoms with Crippen molar-refractivity contribution in [2.24, 2.45) is 11.8 Å². The predicted octanol–water partition coefficient (Wildman–Crippen LogP) is 2.00. The normalized spacial score (nSPS) is 25.8. The predicted molar refractivity (Wildman–Crippen MR) is 79.2 cm³/mol. The van der Waals surface area contributed by atoms with Gasteiger partial charge in [0.1, 0.15) is 11.7 Å². The highest BCUT2D eigenvalue weighted by molar-refractivity contribution is 6.13. The van der Waals surface area contributed by atoms with E-state index in [2.05, 4.69) is 0 Å². The second-order valence-electron chi connectivity index (χ2n) is 5.06. The molecule has 110 valence electrons. The van der Waals surface area contributed by atoms with Crippen LogP contribution >= 0.6 is 0 Å². The summed E-state index contributed by atoms with van der Waals surface area (Å²) in [6.07, 6.45) is 3.23. The third kappa shape index (κ3) is 3.28. The largest absolute Gasteiger partial charge is 0.501 e. The van der Waals surface area contributed by atoms with Crippen LogP contribution in [0.3, 0.4) is 0 Å². The van der Waals surface area contributed by atoms with Gasteiger partial charge in [-0.25, -0.2) is 0 Å². The summed E-state index contributed by atoms with van der Waals surface area (Å²) in [4.78, 5) is 24.2. The standard InChI is InChI=1S/C17H18O4/c1-11-15(21-2)10-14(19)16(17(11)20)13(18)9-8-12-6-4-3-5-7-12/h3-11,16-17,20H,1-2H3. The van der Waals surface area contributed by atoms with Gasteiger partial charge in [-0.15, -0.1) is 0 Å². The van der Waals surface area contributed by atoms with Gasteiger partial charge in [-0.2, -0.15) is 0 Å². The van der Waals surface area contributed by atoms with Crippen LogP contribution in [0.4, 0.5) is 0 Å². The van der Waals surface area contributed by atoms with Crippen molar-refractivity contribution in [3.05, 3.63) is 53.8 Å². The number of hydrogen-bond donors (Lipinski definition) is 1. The highest BCUT2D eigenvalue weighted by Gasteiger charge is 2.40. The molecule has 1 aliphatic rings. The van der Waals surface area contributed by atoms with Crippen molar-refractivity contribution in [2.75, 3.05) is 7.11 Å². The maximum atomic E-state index is 12.2. The molecule has 2 rings (SSSR count). The molecule has 0 saturated carbocycles. The van der Waals surface area contributed by atoms with Crippen LogP contribution in [-0.4, -0.2) is 29.9 Å². The Hall–Kier alpha value is -2.20. The molecule has 3 unspecified atom stereocenters. The van der Waals surface area contributed by atoms with Crippen molar-refractivity contribution < 1.29 is 19.4 Å². The minimum Gasteiger partial charge on any atom is -0.501 e. The smallest absolute Gasteiger partial charge is 0.172 e. The Morgan fingerprint density at radius 1 is 1.29 bits per heavy atom. The molecule has 0 aromatic heterocycles. The van der Waals surface area contributed by atoms with E-state index in [1.54, 1.807) is 13.0 Å². The highest BCUT2D eigenvalue weighted by Crippen LogP contribution is 2.28. The molecular formula is C17H18O4. The van der Waals surface area contributed by atoms with Crippen LogP contribution in [0.1, 0.15) is 12.5 Å². The Morgan fingerprint density at radius 2 is 1.95 bits per heavy atom. The van der Waals surface area contributed by atoms with Crippen LogP contribution in [-0.2, 0) is 14.3 Å². The first-order valence-corrected chi connectivity index (χ1v) is 6.79. The van der Waals surface area contributed by atoms with Gasteiger partial charge in [-0.05, 0) is 11.6 Å². The van der Waals surface area contributed by atoms with Gasteiger partial charge in [0.2, 0.25) is 0 Å². The number of ketones is 2. The molecule has 1 aromatic rings. The number of carbonyl (C=O) groups excluding carboxylic acids is 2. The first kappa shape index (κ1) is 15.2. The van der Waals surface area contributed by atoms with Crippen molar-refractivity contribution in [3.8, 4) is 0 Å². The van der Waals surface area contributed by atoms with E-state index in [0.717, 1.165) is 5.56 Å². The van der Waals surface area contributed by atoms with Gasteiger partial charge in [0.25, 0.3) is 0 Å². The summed E-state index contributed by atoms with van der Waals surface area (Å²) < 4.78 is 5.05. The summed E-state index contributed by atoms with van der Waals surface area (Å²) >= 11 is 0. The average molecular weight is 286 g/mol. The average Bonchev–Trinajstić information content (AvgIpc) is 2.50. The molecule has 0 amide bonds. The molecule has 1 N–H and O–H groups in total. The molecule has 0 radical (unpaired) electrons. The zero-order chi connectivity index (χ0) is 15.4. The zero-order valence-corrected chi connectivity index (χ0v) is 12.0. The SMILES string of the molecule is COC1=CC(=O)C(C(=O)C=Cc2ccccc2)C(O)C1C. The van der Waals surface area contributed by atoms with E-state index in [1.165, 1.54) is 19.3 Å². The molecular weight excluding hydrogens is 268 g/mol. The molecule has 0 heterocycles. The van der Waals surface area contributed by atoms with E-state index in [1.807, 2.05) is 30.3 Å². The van der Waals surface area contributed by atoms with E-state index in [0.29, 0.717) is 5.76 Å². The van der Waals surface area contributed by atoms with Crippen LogP contribution in [0.2, 0.25) is 0 Å². The molecule has 1 aliphatic carbocycles. The van der Waals surface area contributed by atoms with Gasteiger partial charge in [-0.1, -0.05) is 43.3 Å². The van der Waals surface area contributed by atoms with E-state index < -0.39 is 23.6 Å². The third-order valence-electron chi connectivity index (χ3n) is 3.68. The highest BCUT2D eigenvalue weighted by atomic mass is 16.5. The lowest BCUT2D eigenvalue weighted by molar-refractivity contribution is -0.134. The molecule has 0 fully saturated rings. The molecule has 1 aromatic carbocycles. The van der Waals surface area contributed by atoms with Crippen molar-refractivity contribution in [2.45, 2.75) is 13.0 Å². The molecule has 0 aliphatic heterocycles. The quantitative estimate of drug-likeness (QED) is 0.679. The topological polar surface area (TPSA) is 63.6 Å². The van der Waals surface area contributed by atoms with Crippen molar-refractivity contribution in [1.29, 1.82) is 0 Å². The molecule has 4 heteroatoms. The Bertz CT molecular complexity index is 586. The van der Waals surface area contributed by atoms with E-state index in [4.69, 9.17) is 4.74 Å². The lowest BCUT2D eigenvalue weighted by Crippen LogP contribution is -2.42. The summed E-state index contributed by atoms with van der Waals surface area (Å²) in [7, 11) is 1.44. The first-order valence-electron chi connectivity index (χ1n) is 6.79. The Morgan fingerprint density at radius 3 is 2.57 bits per heavy atom. The number of hydrogen-bond acceptors (Lipinski definition) is 4. The second kappa shape index (κ2) is 6.50. The number of aliphatic hydroxyl groups excluding tert-OH is 1. The fraction of sp³-hybridized carbons (Fsp3) is 0.294. The van der Waals surface area contributed by atoms with Crippen LogP contribution in [0.15, 0.2) is 48.2 Å². The third-order valence-corrected chi connectivity index (χ3v) is 3.68. The number of methoxy groups -OCH3 is 1. The molecule has 0 saturated heterocycles. The molecule has 0 spiro atoms. The zero-order valence-electron chi connectivity index (χ0n) is 12.0. The second-order valence-corrected chi connectivity index (χ2v) is 5.06. The Balaban J connectivity index is 2.18. The number of rotatable bonds is 4. The Labute approximate surface area is 123 Å². The molecule has 4 nitrogen and oxygen atoms in total. The number of benzene rings is 1. The Kier molecular flexibility index (Phi) is 4.70. The summed E-state index contributed by atoms with van der Waals surface area (Å²) in [6, 6.07) is 9.32. The first-order chi connectivity index (χ1) is 10.0. The minimum absolute atomic E-state index is 0.383. The van der Waals surface area contributed by atoms with Crippen molar-refractivity contribution in [1.82, 2.24) is 0 Å². The monoisotopic (exact) mass is 286 g/mol. The lowest BCUT2D eigenvalue weighted by atomic mass is 9.79. The molecule has 3 atom stereocenters. The summed E-state index contributed by atoms with van der Waals surface area (Å²) in [6.45, 7) is 1.73. The van der Waals surface area contributed by atoms with E-state index >= 15 is 0 Å². The van der Waals surface area contributed by atoms with Crippen LogP contribution < -0.4 is 0 Å². The van der Waals surface area contributed by atoms with Gasteiger partial charge < -0.3 is 9.84 Å². The van der Waals surface area contributed by atoms with Crippen LogP contribution in [0.25, 0.3) is 6.08 Å². The van der Waals surface area contributed by atoms with Crippen LogP contribution in [0, 0.1) is 11.8 Å². The fourth-order valence-corrected chi connectivity index (χ4v) is 2.39. The van der Waals surface area contributed by atoms with Gasteiger partial charge in [0, 0.05) is 12.0 Å². The van der Waals surface area contributed by atoms with Gasteiger partial charge in [0.15, 0.2) is 11.6 Å². The summed E-state index contributed by atoms with van der Waals surface area (Å²) in [5, 5.41) is 10.2.